The van der Waals surface area contributed by atoms with Gasteiger partial charge >= 0.3 is 0 Å². The minimum absolute atomic E-state index is 0.574. The minimum Gasteiger partial charge on any atom is -0.316 e. The molecular weight excluding hydrogens is 234 g/mol. The summed E-state index contributed by atoms with van der Waals surface area (Å²) < 4.78 is 0. The van der Waals surface area contributed by atoms with Crippen LogP contribution in [-0.4, -0.2) is 35.6 Å². The Labute approximate surface area is 117 Å². The molecule has 1 fully saturated rings. The van der Waals surface area contributed by atoms with Crippen molar-refractivity contribution in [3.05, 3.63) is 29.6 Å². The predicted octanol–water partition coefficient (Wildman–Crippen LogP) is 2.60. The first-order valence-corrected chi connectivity index (χ1v) is 7.51. The van der Waals surface area contributed by atoms with Crippen LogP contribution in [0.1, 0.15) is 37.9 Å². The average molecular weight is 261 g/mol. The first kappa shape index (κ1) is 14.5. The van der Waals surface area contributed by atoms with Crippen LogP contribution in [0.15, 0.2) is 18.3 Å². The van der Waals surface area contributed by atoms with Gasteiger partial charge in [-0.2, -0.15) is 0 Å². The van der Waals surface area contributed by atoms with Crippen LogP contribution in [0.2, 0.25) is 0 Å². The van der Waals surface area contributed by atoms with Crippen molar-refractivity contribution in [3.8, 4) is 0 Å². The molecule has 1 aliphatic rings. The van der Waals surface area contributed by atoms with Crippen LogP contribution in [0.5, 0.6) is 0 Å². The highest BCUT2D eigenvalue weighted by atomic mass is 15.2. The van der Waals surface area contributed by atoms with Crippen LogP contribution in [0.4, 0.5) is 0 Å². The van der Waals surface area contributed by atoms with Gasteiger partial charge in [0.05, 0.1) is 5.69 Å². The van der Waals surface area contributed by atoms with Gasteiger partial charge in [0.1, 0.15) is 0 Å². The molecule has 1 aromatic rings. The highest BCUT2D eigenvalue weighted by Crippen LogP contribution is 2.15. The monoisotopic (exact) mass is 261 g/mol. The summed E-state index contributed by atoms with van der Waals surface area (Å²) in [5.41, 5.74) is 2.42. The number of piperidine rings is 1. The molecule has 1 aromatic heterocycles. The summed E-state index contributed by atoms with van der Waals surface area (Å²) in [4.78, 5) is 7.09. The Hall–Kier alpha value is -0.930. The van der Waals surface area contributed by atoms with E-state index in [2.05, 4.69) is 48.1 Å². The third kappa shape index (κ3) is 4.59. The first-order valence-electron chi connectivity index (χ1n) is 7.51. The summed E-state index contributed by atoms with van der Waals surface area (Å²) in [5.74, 6) is 0.793. The number of nitrogens with one attached hydrogen (secondary N) is 1. The lowest BCUT2D eigenvalue weighted by atomic mass is 9.98. The Kier molecular flexibility index (Phi) is 5.34. The van der Waals surface area contributed by atoms with Crippen molar-refractivity contribution in [2.45, 2.75) is 46.2 Å². The summed E-state index contributed by atoms with van der Waals surface area (Å²) in [6.45, 7) is 11.2. The maximum Gasteiger partial charge on any atom is 0.0544 e. The van der Waals surface area contributed by atoms with Gasteiger partial charge in [0, 0.05) is 25.3 Å². The van der Waals surface area contributed by atoms with Gasteiger partial charge in [-0.25, -0.2) is 0 Å². The van der Waals surface area contributed by atoms with Gasteiger partial charge in [0.15, 0.2) is 0 Å². The maximum absolute atomic E-state index is 4.54. The number of aryl methyl sites for hydroxylation is 1. The normalized spacial score (nSPS) is 20.2. The molecule has 0 radical (unpaired) electrons. The van der Waals surface area contributed by atoms with Crippen LogP contribution < -0.4 is 5.32 Å². The van der Waals surface area contributed by atoms with E-state index in [9.17, 15) is 0 Å². The zero-order valence-corrected chi connectivity index (χ0v) is 12.5. The van der Waals surface area contributed by atoms with Crippen molar-refractivity contribution < 1.29 is 0 Å². The lowest BCUT2D eigenvalue weighted by Crippen LogP contribution is -2.40. The summed E-state index contributed by atoms with van der Waals surface area (Å²) in [7, 11) is 0. The highest BCUT2D eigenvalue weighted by Gasteiger charge is 2.19. The molecule has 19 heavy (non-hydrogen) atoms. The molecule has 2 heterocycles. The molecule has 1 saturated heterocycles. The Morgan fingerprint density at radius 2 is 2.26 bits per heavy atom. The molecule has 0 aliphatic carbocycles. The molecule has 0 amide bonds. The molecule has 3 nitrogen and oxygen atoms in total. The second-order valence-electron chi connectivity index (χ2n) is 6.06. The van der Waals surface area contributed by atoms with Gasteiger partial charge in [-0.3, -0.25) is 9.88 Å². The molecule has 0 aromatic carbocycles. The third-order valence-electron chi connectivity index (χ3n) is 3.96. The molecule has 0 saturated carbocycles. The molecule has 2 rings (SSSR count). The Balaban J connectivity index is 1.93. The molecular formula is C16H27N3. The number of hydrogen-bond donors (Lipinski definition) is 1. The summed E-state index contributed by atoms with van der Waals surface area (Å²) in [6.07, 6.45) is 4.65. The number of nitrogens with zero attached hydrogens (tertiary/aromatic N) is 2. The fraction of sp³-hybridized carbons (Fsp3) is 0.688. The molecule has 106 valence electrons. The lowest BCUT2D eigenvalue weighted by molar-refractivity contribution is 0.162. The van der Waals surface area contributed by atoms with E-state index >= 15 is 0 Å². The lowest BCUT2D eigenvalue weighted by Gasteiger charge is -2.32. The Morgan fingerprint density at radius 1 is 1.42 bits per heavy atom. The first-order chi connectivity index (χ1) is 9.15. The quantitative estimate of drug-likeness (QED) is 0.883. The molecule has 0 spiro atoms. The van der Waals surface area contributed by atoms with E-state index in [0.717, 1.165) is 12.5 Å². The van der Waals surface area contributed by atoms with E-state index in [0.29, 0.717) is 6.04 Å². The molecule has 1 unspecified atom stereocenters. The second-order valence-corrected chi connectivity index (χ2v) is 6.06. The van der Waals surface area contributed by atoms with Crippen LogP contribution >= 0.6 is 0 Å². The minimum atomic E-state index is 0.574. The molecule has 1 aliphatic heterocycles. The summed E-state index contributed by atoms with van der Waals surface area (Å²) in [6, 6.07) is 4.89. The van der Waals surface area contributed by atoms with Crippen molar-refractivity contribution >= 4 is 0 Å². The van der Waals surface area contributed by atoms with E-state index in [1.54, 1.807) is 0 Å². The van der Waals surface area contributed by atoms with E-state index < -0.39 is 0 Å². The van der Waals surface area contributed by atoms with E-state index in [4.69, 9.17) is 0 Å². The van der Waals surface area contributed by atoms with E-state index in [1.807, 2.05) is 6.20 Å². The maximum atomic E-state index is 4.54. The predicted molar refractivity (Wildman–Crippen MR) is 80.1 cm³/mol. The van der Waals surface area contributed by atoms with Crippen LogP contribution in [0.3, 0.4) is 0 Å². The fourth-order valence-electron chi connectivity index (χ4n) is 2.67. The van der Waals surface area contributed by atoms with Gasteiger partial charge in [-0.05, 0) is 64.3 Å². The molecule has 1 atom stereocenters. The van der Waals surface area contributed by atoms with Gasteiger partial charge in [0.2, 0.25) is 0 Å². The van der Waals surface area contributed by atoms with Crippen molar-refractivity contribution in [2.24, 2.45) is 5.92 Å². The van der Waals surface area contributed by atoms with Gasteiger partial charge in [-0.15, -0.1) is 0 Å². The van der Waals surface area contributed by atoms with Gasteiger partial charge in [0.25, 0.3) is 0 Å². The summed E-state index contributed by atoms with van der Waals surface area (Å²) >= 11 is 0. The standard InChI is InChI=1S/C16H27N3/c1-13(2)19(11-15-5-4-8-17-10-15)12-16-7-6-14(3)9-18-16/h6-7,9,13,15,17H,4-5,8,10-12H2,1-3H3. The summed E-state index contributed by atoms with van der Waals surface area (Å²) in [5, 5.41) is 3.51. The third-order valence-corrected chi connectivity index (χ3v) is 3.96. The van der Waals surface area contributed by atoms with Crippen molar-refractivity contribution in [3.63, 3.8) is 0 Å². The largest absolute Gasteiger partial charge is 0.316 e. The number of aromatic nitrogens is 1. The highest BCUT2D eigenvalue weighted by molar-refractivity contribution is 5.12. The van der Waals surface area contributed by atoms with Gasteiger partial charge < -0.3 is 5.32 Å². The van der Waals surface area contributed by atoms with Crippen molar-refractivity contribution in [1.82, 2.24) is 15.2 Å². The Morgan fingerprint density at radius 3 is 2.84 bits per heavy atom. The van der Waals surface area contributed by atoms with Crippen molar-refractivity contribution in [2.75, 3.05) is 19.6 Å². The zero-order valence-electron chi connectivity index (χ0n) is 12.5. The SMILES string of the molecule is Cc1ccc(CN(CC2CCCNC2)C(C)C)nc1. The average Bonchev–Trinajstić information content (AvgIpc) is 2.41. The van der Waals surface area contributed by atoms with Gasteiger partial charge in [-0.1, -0.05) is 6.07 Å². The number of rotatable bonds is 5. The van der Waals surface area contributed by atoms with Crippen LogP contribution in [0, 0.1) is 12.8 Å². The van der Waals surface area contributed by atoms with E-state index in [-0.39, 0.29) is 0 Å². The van der Waals surface area contributed by atoms with Crippen LogP contribution in [0.25, 0.3) is 0 Å². The van der Waals surface area contributed by atoms with Crippen LogP contribution in [-0.2, 0) is 6.54 Å². The fourth-order valence-corrected chi connectivity index (χ4v) is 2.67. The molecule has 0 bridgehead atoms. The topological polar surface area (TPSA) is 28.2 Å². The number of pyridine rings is 1. The zero-order chi connectivity index (χ0) is 13.7. The molecule has 1 N–H and O–H groups in total. The van der Waals surface area contributed by atoms with E-state index in [1.165, 1.54) is 43.7 Å². The smallest absolute Gasteiger partial charge is 0.0544 e. The molecule has 3 heteroatoms. The Bertz CT molecular complexity index is 366. The van der Waals surface area contributed by atoms with Crippen molar-refractivity contribution in [1.29, 1.82) is 0 Å². The second kappa shape index (κ2) is 7.01. The number of hydrogen-bond acceptors (Lipinski definition) is 3.